The Morgan fingerprint density at radius 3 is 2.58 bits per heavy atom. The summed E-state index contributed by atoms with van der Waals surface area (Å²) in [4.78, 5) is 13.7. The first-order chi connectivity index (χ1) is 12.6. The predicted octanol–water partition coefficient (Wildman–Crippen LogP) is 2.35. The Balaban J connectivity index is 1.77. The molecule has 3 rings (SSSR count). The topological polar surface area (TPSA) is 89.3 Å². The van der Waals surface area contributed by atoms with Crippen LogP contribution in [-0.2, 0) is 13.2 Å². The fourth-order valence-electron chi connectivity index (χ4n) is 2.35. The molecule has 1 heterocycles. The molecule has 26 heavy (non-hydrogen) atoms. The number of nitrogens with one attached hydrogen (secondary N) is 1. The number of hydrogen-bond donors (Lipinski definition) is 2. The molecule has 7 nitrogen and oxygen atoms in total. The first kappa shape index (κ1) is 17.9. The van der Waals surface area contributed by atoms with E-state index >= 15 is 0 Å². The van der Waals surface area contributed by atoms with Gasteiger partial charge in [0.2, 0.25) is 0 Å². The summed E-state index contributed by atoms with van der Waals surface area (Å²) in [5, 5.41) is 21.0. The van der Waals surface area contributed by atoms with Crippen LogP contribution in [0.3, 0.4) is 0 Å². The minimum atomic E-state index is -0.428. The normalized spacial score (nSPS) is 10.6. The van der Waals surface area contributed by atoms with Crippen molar-refractivity contribution in [3.8, 4) is 11.4 Å². The third-order valence-corrected chi connectivity index (χ3v) is 4.05. The van der Waals surface area contributed by atoms with Gasteiger partial charge >= 0.3 is 0 Å². The lowest BCUT2D eigenvalue weighted by atomic mass is 10.2. The van der Waals surface area contributed by atoms with Crippen LogP contribution < -0.4 is 10.1 Å². The molecule has 2 N–H and O–H groups in total. The van der Waals surface area contributed by atoms with Gasteiger partial charge in [-0.1, -0.05) is 35.9 Å². The molecule has 3 aromatic rings. The van der Waals surface area contributed by atoms with E-state index in [1.807, 2.05) is 24.3 Å². The molecule has 0 saturated carbocycles. The molecule has 0 aliphatic carbocycles. The van der Waals surface area contributed by atoms with Crippen molar-refractivity contribution in [2.75, 3.05) is 7.11 Å². The Labute approximate surface area is 155 Å². The molecule has 0 radical (unpaired) electrons. The number of nitrogens with zero attached hydrogens (tertiary/aromatic N) is 3. The summed E-state index contributed by atoms with van der Waals surface area (Å²) in [7, 11) is 1.59. The minimum Gasteiger partial charge on any atom is -0.497 e. The summed E-state index contributed by atoms with van der Waals surface area (Å²) in [6.45, 7) is -0.0949. The van der Waals surface area contributed by atoms with Crippen LogP contribution >= 0.6 is 11.6 Å². The van der Waals surface area contributed by atoms with Gasteiger partial charge in [0.25, 0.3) is 5.91 Å². The average Bonchev–Trinajstić information content (AvgIpc) is 3.11. The summed E-state index contributed by atoms with van der Waals surface area (Å²) in [6.07, 6.45) is 0. The van der Waals surface area contributed by atoms with Crippen LogP contribution in [0.1, 0.15) is 21.7 Å². The first-order valence-corrected chi connectivity index (χ1v) is 8.23. The number of aliphatic hydroxyl groups is 1. The van der Waals surface area contributed by atoms with Crippen LogP contribution in [0.25, 0.3) is 5.69 Å². The SMILES string of the molecule is COc1ccc(CNC(=O)c2nn(-c3ccccc3Cl)nc2CO)cc1. The van der Waals surface area contributed by atoms with Crippen molar-refractivity contribution in [3.05, 3.63) is 70.5 Å². The average molecular weight is 373 g/mol. The maximum absolute atomic E-state index is 12.5. The molecule has 0 unspecified atom stereocenters. The molecule has 0 aliphatic rings. The number of methoxy groups -OCH3 is 1. The zero-order chi connectivity index (χ0) is 18.5. The van der Waals surface area contributed by atoms with Crippen molar-refractivity contribution in [2.45, 2.75) is 13.2 Å². The highest BCUT2D eigenvalue weighted by molar-refractivity contribution is 6.32. The molecule has 0 fully saturated rings. The van der Waals surface area contributed by atoms with Crippen molar-refractivity contribution in [2.24, 2.45) is 0 Å². The van der Waals surface area contributed by atoms with Crippen LogP contribution in [-0.4, -0.2) is 33.1 Å². The molecule has 0 saturated heterocycles. The van der Waals surface area contributed by atoms with Crippen molar-refractivity contribution < 1.29 is 14.6 Å². The lowest BCUT2D eigenvalue weighted by Gasteiger charge is -2.05. The van der Waals surface area contributed by atoms with E-state index in [-0.39, 0.29) is 11.4 Å². The van der Waals surface area contributed by atoms with Crippen LogP contribution in [0.5, 0.6) is 5.75 Å². The van der Waals surface area contributed by atoms with Gasteiger partial charge in [-0.15, -0.1) is 15.0 Å². The van der Waals surface area contributed by atoms with E-state index in [1.165, 1.54) is 4.80 Å². The zero-order valence-corrected chi connectivity index (χ0v) is 14.8. The Morgan fingerprint density at radius 1 is 1.19 bits per heavy atom. The Hall–Kier alpha value is -2.90. The molecule has 134 valence electrons. The highest BCUT2D eigenvalue weighted by Gasteiger charge is 2.19. The maximum atomic E-state index is 12.5. The van der Waals surface area contributed by atoms with Gasteiger partial charge < -0.3 is 15.2 Å². The second-order valence-electron chi connectivity index (χ2n) is 5.43. The van der Waals surface area contributed by atoms with Crippen LogP contribution in [0.15, 0.2) is 48.5 Å². The molecule has 8 heteroatoms. The third kappa shape index (κ3) is 3.84. The second-order valence-corrected chi connectivity index (χ2v) is 5.83. The summed E-state index contributed by atoms with van der Waals surface area (Å²) >= 11 is 6.13. The van der Waals surface area contributed by atoms with E-state index in [9.17, 15) is 9.90 Å². The van der Waals surface area contributed by atoms with Gasteiger partial charge in [-0.05, 0) is 29.8 Å². The number of aromatic nitrogens is 3. The fourth-order valence-corrected chi connectivity index (χ4v) is 2.56. The molecule has 1 aromatic heterocycles. The summed E-state index contributed by atoms with van der Waals surface area (Å²) in [6, 6.07) is 14.3. The molecule has 0 atom stereocenters. The Kier molecular flexibility index (Phi) is 5.50. The zero-order valence-electron chi connectivity index (χ0n) is 14.0. The predicted molar refractivity (Wildman–Crippen MR) is 96.5 cm³/mol. The molecule has 0 aliphatic heterocycles. The van der Waals surface area contributed by atoms with Gasteiger partial charge in [0.1, 0.15) is 17.1 Å². The van der Waals surface area contributed by atoms with Crippen molar-refractivity contribution in [1.29, 1.82) is 0 Å². The number of halogens is 1. The van der Waals surface area contributed by atoms with Crippen molar-refractivity contribution in [3.63, 3.8) is 0 Å². The summed E-state index contributed by atoms with van der Waals surface area (Å²) in [5.41, 5.74) is 1.67. The smallest absolute Gasteiger partial charge is 0.274 e. The van der Waals surface area contributed by atoms with Crippen LogP contribution in [0, 0.1) is 0 Å². The van der Waals surface area contributed by atoms with Gasteiger partial charge in [0.05, 0.1) is 18.7 Å². The van der Waals surface area contributed by atoms with Gasteiger partial charge in [-0.2, -0.15) is 0 Å². The summed E-state index contributed by atoms with van der Waals surface area (Å²) < 4.78 is 5.10. The highest BCUT2D eigenvalue weighted by Crippen LogP contribution is 2.19. The van der Waals surface area contributed by atoms with Gasteiger partial charge in [0.15, 0.2) is 5.69 Å². The van der Waals surface area contributed by atoms with Gasteiger partial charge in [0, 0.05) is 6.54 Å². The van der Waals surface area contributed by atoms with E-state index in [2.05, 4.69) is 15.5 Å². The fraction of sp³-hybridized carbons (Fsp3) is 0.167. The number of rotatable bonds is 6. The Morgan fingerprint density at radius 2 is 1.92 bits per heavy atom. The highest BCUT2D eigenvalue weighted by atomic mass is 35.5. The number of ether oxygens (including phenoxy) is 1. The number of benzene rings is 2. The van der Waals surface area contributed by atoms with Crippen molar-refractivity contribution >= 4 is 17.5 Å². The molecular weight excluding hydrogens is 356 g/mol. The third-order valence-electron chi connectivity index (χ3n) is 3.73. The number of amides is 1. The van der Waals surface area contributed by atoms with E-state index in [1.54, 1.807) is 31.4 Å². The van der Waals surface area contributed by atoms with Gasteiger partial charge in [-0.25, -0.2) is 0 Å². The van der Waals surface area contributed by atoms with E-state index in [0.717, 1.165) is 11.3 Å². The van der Waals surface area contributed by atoms with E-state index in [4.69, 9.17) is 16.3 Å². The number of para-hydroxylation sites is 1. The lowest BCUT2D eigenvalue weighted by molar-refractivity contribution is 0.0942. The van der Waals surface area contributed by atoms with E-state index < -0.39 is 12.5 Å². The number of aliphatic hydroxyl groups excluding tert-OH is 1. The van der Waals surface area contributed by atoms with Crippen LogP contribution in [0.2, 0.25) is 5.02 Å². The summed E-state index contributed by atoms with van der Waals surface area (Å²) in [5.74, 6) is 0.313. The number of carbonyl (C=O) groups is 1. The second kappa shape index (κ2) is 7.99. The Bertz CT molecular complexity index is 909. The van der Waals surface area contributed by atoms with E-state index in [0.29, 0.717) is 17.3 Å². The molecule has 0 spiro atoms. The molecule has 1 amide bonds. The minimum absolute atomic E-state index is 0.0564. The number of carbonyl (C=O) groups excluding carboxylic acids is 1. The number of hydrogen-bond acceptors (Lipinski definition) is 5. The quantitative estimate of drug-likeness (QED) is 0.693. The van der Waals surface area contributed by atoms with Gasteiger partial charge in [-0.3, -0.25) is 4.79 Å². The monoisotopic (exact) mass is 372 g/mol. The standard InChI is InChI=1S/C18H17ClN4O3/c1-26-13-8-6-12(7-9-13)10-20-18(25)17-15(11-24)21-23(22-17)16-5-3-2-4-14(16)19/h2-9,24H,10-11H2,1H3,(H,20,25). The molecular formula is C18H17ClN4O3. The lowest BCUT2D eigenvalue weighted by Crippen LogP contribution is -2.24. The van der Waals surface area contributed by atoms with Crippen LogP contribution in [0.4, 0.5) is 0 Å². The van der Waals surface area contributed by atoms with Crippen molar-refractivity contribution in [1.82, 2.24) is 20.3 Å². The largest absolute Gasteiger partial charge is 0.497 e. The maximum Gasteiger partial charge on any atom is 0.274 e. The molecule has 2 aromatic carbocycles. The molecule has 0 bridgehead atoms. The first-order valence-electron chi connectivity index (χ1n) is 7.85.